The Morgan fingerprint density at radius 3 is 2.45 bits per heavy atom. The van der Waals surface area contributed by atoms with Gasteiger partial charge in [0.25, 0.3) is 5.91 Å². The lowest BCUT2D eigenvalue weighted by Crippen LogP contribution is -2.38. The highest BCUT2D eigenvalue weighted by Crippen LogP contribution is 2.31. The molecule has 154 valence electrons. The molecule has 0 fully saturated rings. The van der Waals surface area contributed by atoms with E-state index in [9.17, 15) is 9.70 Å². The van der Waals surface area contributed by atoms with Crippen LogP contribution in [0.25, 0.3) is 16.9 Å². The van der Waals surface area contributed by atoms with E-state index >= 15 is 0 Å². The van der Waals surface area contributed by atoms with Crippen LogP contribution in [0.4, 0.5) is 5.82 Å². The summed E-state index contributed by atoms with van der Waals surface area (Å²) in [5, 5.41) is 28.0. The molecule has 2 heterocycles. The normalized spacial score (nSPS) is 11.4. The second kappa shape index (κ2) is 9.42. The van der Waals surface area contributed by atoms with Gasteiger partial charge in [-0.2, -0.15) is 20.3 Å². The SMILES string of the molecule is CC(C)C(CC#N)NC(=O)c1ccc(-n2ncc(-c3ccc(C#N)cc3)c2N=O)nc1. The Kier molecular flexibility index (Phi) is 6.48. The molecule has 2 aromatic heterocycles. The average molecular weight is 413 g/mol. The minimum atomic E-state index is -0.333. The number of carbonyl (C=O) groups is 1. The molecule has 0 aliphatic rings. The van der Waals surface area contributed by atoms with Crippen LogP contribution >= 0.6 is 0 Å². The van der Waals surface area contributed by atoms with E-state index < -0.39 is 0 Å². The summed E-state index contributed by atoms with van der Waals surface area (Å²) in [5.74, 6) is 0.161. The van der Waals surface area contributed by atoms with Crippen LogP contribution in [-0.2, 0) is 0 Å². The lowest BCUT2D eigenvalue weighted by Gasteiger charge is -2.19. The van der Waals surface area contributed by atoms with Crippen LogP contribution in [-0.4, -0.2) is 26.7 Å². The average Bonchev–Trinajstić information content (AvgIpc) is 3.23. The summed E-state index contributed by atoms with van der Waals surface area (Å²) in [5.41, 5.74) is 2.02. The van der Waals surface area contributed by atoms with Gasteiger partial charge in [0.05, 0.1) is 41.4 Å². The maximum absolute atomic E-state index is 12.5. The van der Waals surface area contributed by atoms with Crippen LogP contribution < -0.4 is 5.32 Å². The number of nitriles is 2. The van der Waals surface area contributed by atoms with Crippen LogP contribution in [0.3, 0.4) is 0 Å². The Morgan fingerprint density at radius 2 is 1.90 bits per heavy atom. The molecule has 1 amide bonds. The van der Waals surface area contributed by atoms with Gasteiger partial charge in [-0.25, -0.2) is 4.98 Å². The molecule has 0 bridgehead atoms. The molecule has 31 heavy (non-hydrogen) atoms. The third kappa shape index (κ3) is 4.62. The number of aromatic nitrogens is 3. The van der Waals surface area contributed by atoms with E-state index in [0.717, 1.165) is 0 Å². The molecule has 0 saturated heterocycles. The maximum Gasteiger partial charge on any atom is 0.253 e. The highest BCUT2D eigenvalue weighted by Gasteiger charge is 2.19. The number of benzene rings is 1. The lowest BCUT2D eigenvalue weighted by atomic mass is 10.0. The van der Waals surface area contributed by atoms with Crippen molar-refractivity contribution in [3.63, 3.8) is 0 Å². The van der Waals surface area contributed by atoms with E-state index in [2.05, 4.69) is 26.6 Å². The molecule has 1 aromatic carbocycles. The number of pyridine rings is 1. The number of amides is 1. The summed E-state index contributed by atoms with van der Waals surface area (Å²) in [7, 11) is 0. The minimum absolute atomic E-state index is 0.0586. The largest absolute Gasteiger partial charge is 0.348 e. The number of nitroso groups, excluding NO2 is 1. The first-order valence-corrected chi connectivity index (χ1v) is 9.54. The van der Waals surface area contributed by atoms with Gasteiger partial charge < -0.3 is 5.32 Å². The van der Waals surface area contributed by atoms with Gasteiger partial charge in [-0.3, -0.25) is 4.79 Å². The first-order valence-electron chi connectivity index (χ1n) is 9.54. The summed E-state index contributed by atoms with van der Waals surface area (Å²) >= 11 is 0. The van der Waals surface area contributed by atoms with E-state index in [-0.39, 0.29) is 30.1 Å². The number of carbonyl (C=O) groups excluding carboxylic acids is 1. The van der Waals surface area contributed by atoms with E-state index in [1.54, 1.807) is 36.4 Å². The van der Waals surface area contributed by atoms with Crippen LogP contribution in [0.2, 0.25) is 0 Å². The highest BCUT2D eigenvalue weighted by atomic mass is 16.3. The third-order valence-corrected chi connectivity index (χ3v) is 4.81. The van der Waals surface area contributed by atoms with Gasteiger partial charge in [0.2, 0.25) is 5.82 Å². The van der Waals surface area contributed by atoms with Crippen LogP contribution in [0.15, 0.2) is 54.0 Å². The maximum atomic E-state index is 12.5. The van der Waals surface area contributed by atoms with Crippen LogP contribution in [0.1, 0.15) is 36.2 Å². The van der Waals surface area contributed by atoms with Crippen molar-refractivity contribution < 1.29 is 4.79 Å². The first-order chi connectivity index (χ1) is 15.0. The molecule has 0 radical (unpaired) electrons. The van der Waals surface area contributed by atoms with Crippen molar-refractivity contribution in [2.24, 2.45) is 11.1 Å². The summed E-state index contributed by atoms with van der Waals surface area (Å²) in [6, 6.07) is 13.7. The minimum Gasteiger partial charge on any atom is -0.348 e. The van der Waals surface area contributed by atoms with Gasteiger partial charge in [-0.05, 0) is 40.9 Å². The second-order valence-corrected chi connectivity index (χ2v) is 7.17. The molecule has 1 unspecified atom stereocenters. The molecule has 3 rings (SSSR count). The standard InChI is InChI=1S/C22H19N7O2/c1-14(2)19(9-10-23)27-22(30)17-7-8-20(25-12-17)29-21(28-31)18(13-26-29)16-5-3-15(11-24)4-6-16/h3-8,12-14,19H,9H2,1-2H3,(H,27,30). The zero-order valence-electron chi connectivity index (χ0n) is 17.0. The predicted octanol–water partition coefficient (Wildman–Crippen LogP) is 3.87. The summed E-state index contributed by atoms with van der Waals surface area (Å²) in [4.78, 5) is 28.2. The Balaban J connectivity index is 1.85. The molecular formula is C22H19N7O2. The van der Waals surface area contributed by atoms with E-state index in [1.165, 1.54) is 17.1 Å². The number of hydrogen-bond acceptors (Lipinski definition) is 7. The number of nitrogens with one attached hydrogen (secondary N) is 1. The quantitative estimate of drug-likeness (QED) is 0.584. The number of hydrogen-bond donors (Lipinski definition) is 1. The van der Waals surface area contributed by atoms with Gasteiger partial charge in [0.15, 0.2) is 5.82 Å². The monoisotopic (exact) mass is 413 g/mol. The third-order valence-electron chi connectivity index (χ3n) is 4.81. The van der Waals surface area contributed by atoms with Gasteiger partial charge in [0.1, 0.15) is 0 Å². The predicted molar refractivity (Wildman–Crippen MR) is 113 cm³/mol. The molecule has 0 spiro atoms. The molecule has 0 saturated carbocycles. The van der Waals surface area contributed by atoms with Crippen molar-refractivity contribution in [2.75, 3.05) is 0 Å². The fraction of sp³-hybridized carbons (Fsp3) is 0.227. The molecular weight excluding hydrogens is 394 g/mol. The lowest BCUT2D eigenvalue weighted by molar-refractivity contribution is 0.0926. The second-order valence-electron chi connectivity index (χ2n) is 7.17. The van der Waals surface area contributed by atoms with Crippen molar-refractivity contribution in [1.29, 1.82) is 10.5 Å². The number of nitrogens with zero attached hydrogens (tertiary/aromatic N) is 6. The Morgan fingerprint density at radius 1 is 1.16 bits per heavy atom. The van der Waals surface area contributed by atoms with E-state index in [1.807, 2.05) is 19.9 Å². The topological polar surface area (TPSA) is 137 Å². The zero-order valence-corrected chi connectivity index (χ0v) is 17.0. The van der Waals surface area contributed by atoms with Crippen molar-refractivity contribution in [1.82, 2.24) is 20.1 Å². The van der Waals surface area contributed by atoms with Crippen molar-refractivity contribution in [2.45, 2.75) is 26.3 Å². The van der Waals surface area contributed by atoms with E-state index in [0.29, 0.717) is 28.1 Å². The van der Waals surface area contributed by atoms with Crippen molar-refractivity contribution in [3.05, 3.63) is 64.8 Å². The molecule has 0 aliphatic carbocycles. The molecule has 0 aliphatic heterocycles. The molecule has 9 nitrogen and oxygen atoms in total. The fourth-order valence-corrected chi connectivity index (χ4v) is 2.97. The summed E-state index contributed by atoms with van der Waals surface area (Å²) < 4.78 is 1.29. The van der Waals surface area contributed by atoms with Gasteiger partial charge in [-0.1, -0.05) is 26.0 Å². The summed E-state index contributed by atoms with van der Waals surface area (Å²) in [6.45, 7) is 3.86. The number of rotatable bonds is 7. The van der Waals surface area contributed by atoms with E-state index in [4.69, 9.17) is 10.5 Å². The molecule has 3 aromatic rings. The Hall–Kier alpha value is -4.37. The van der Waals surface area contributed by atoms with Gasteiger partial charge >= 0.3 is 0 Å². The molecule has 9 heteroatoms. The fourth-order valence-electron chi connectivity index (χ4n) is 2.97. The zero-order chi connectivity index (χ0) is 22.4. The van der Waals surface area contributed by atoms with Gasteiger partial charge in [-0.15, -0.1) is 4.91 Å². The highest BCUT2D eigenvalue weighted by molar-refractivity contribution is 5.94. The first kappa shape index (κ1) is 21.3. The van der Waals surface area contributed by atoms with Crippen molar-refractivity contribution >= 4 is 11.7 Å². The van der Waals surface area contributed by atoms with Crippen molar-refractivity contribution in [3.8, 4) is 29.1 Å². The molecule has 1 N–H and O–H groups in total. The van der Waals surface area contributed by atoms with Crippen LogP contribution in [0.5, 0.6) is 0 Å². The Labute approximate surface area is 178 Å². The smallest absolute Gasteiger partial charge is 0.253 e. The van der Waals surface area contributed by atoms with Crippen LogP contribution in [0, 0.1) is 33.5 Å². The van der Waals surface area contributed by atoms with Gasteiger partial charge in [0, 0.05) is 12.2 Å². The summed E-state index contributed by atoms with van der Waals surface area (Å²) in [6.07, 6.45) is 3.09. The Bertz CT molecular complexity index is 1170. The molecule has 1 atom stereocenters.